The molecule has 20 heavy (non-hydrogen) atoms. The average Bonchev–Trinajstić information content (AvgIpc) is 2.82. The average molecular weight is 273 g/mol. The SMILES string of the molecule is CNCCc1ncc(-c2ccc3c(c2)OCCCO3)[nH]1. The Morgan fingerprint density at radius 3 is 2.95 bits per heavy atom. The Kier molecular flexibility index (Phi) is 3.87. The molecule has 0 saturated heterocycles. The number of aromatic amines is 1. The maximum atomic E-state index is 5.71. The van der Waals surface area contributed by atoms with E-state index in [9.17, 15) is 0 Å². The van der Waals surface area contributed by atoms with E-state index >= 15 is 0 Å². The molecule has 1 aliphatic rings. The van der Waals surface area contributed by atoms with Crippen LogP contribution in [0.5, 0.6) is 11.5 Å². The summed E-state index contributed by atoms with van der Waals surface area (Å²) in [6.07, 6.45) is 3.67. The molecule has 5 nitrogen and oxygen atoms in total. The summed E-state index contributed by atoms with van der Waals surface area (Å²) in [5.74, 6) is 2.62. The van der Waals surface area contributed by atoms with Crippen molar-refractivity contribution in [2.75, 3.05) is 26.8 Å². The fraction of sp³-hybridized carbons (Fsp3) is 0.400. The first-order chi connectivity index (χ1) is 9.86. The normalized spacial score (nSPS) is 14.1. The monoisotopic (exact) mass is 273 g/mol. The van der Waals surface area contributed by atoms with Crippen LogP contribution in [0, 0.1) is 0 Å². The summed E-state index contributed by atoms with van der Waals surface area (Å²) in [5, 5.41) is 3.12. The molecule has 106 valence electrons. The third-order valence-electron chi connectivity index (χ3n) is 3.30. The molecule has 0 radical (unpaired) electrons. The standard InChI is InChI=1S/C15H19N3O2/c1-16-6-5-15-17-10-12(18-15)11-3-4-13-14(9-11)20-8-2-7-19-13/h3-4,9-10,16H,2,5-8H2,1H3,(H,17,18). The van der Waals surface area contributed by atoms with Crippen LogP contribution in [0.1, 0.15) is 12.2 Å². The molecule has 2 heterocycles. The van der Waals surface area contributed by atoms with Crippen molar-refractivity contribution in [3.8, 4) is 22.8 Å². The number of aromatic nitrogens is 2. The van der Waals surface area contributed by atoms with Crippen molar-refractivity contribution in [2.45, 2.75) is 12.8 Å². The Hall–Kier alpha value is -2.01. The molecule has 1 aromatic carbocycles. The quantitative estimate of drug-likeness (QED) is 0.894. The van der Waals surface area contributed by atoms with Crippen LogP contribution < -0.4 is 14.8 Å². The van der Waals surface area contributed by atoms with Crippen molar-refractivity contribution in [3.63, 3.8) is 0 Å². The summed E-state index contributed by atoms with van der Waals surface area (Å²) in [4.78, 5) is 7.73. The van der Waals surface area contributed by atoms with Crippen LogP contribution in [0.15, 0.2) is 24.4 Å². The highest BCUT2D eigenvalue weighted by atomic mass is 16.5. The van der Waals surface area contributed by atoms with Gasteiger partial charge in [-0.1, -0.05) is 0 Å². The fourth-order valence-electron chi connectivity index (χ4n) is 2.21. The number of ether oxygens (including phenoxy) is 2. The van der Waals surface area contributed by atoms with E-state index in [2.05, 4.69) is 15.3 Å². The van der Waals surface area contributed by atoms with Gasteiger partial charge in [-0.15, -0.1) is 0 Å². The van der Waals surface area contributed by atoms with Gasteiger partial charge in [-0.3, -0.25) is 0 Å². The Morgan fingerprint density at radius 2 is 2.10 bits per heavy atom. The number of benzene rings is 1. The Morgan fingerprint density at radius 1 is 1.25 bits per heavy atom. The van der Waals surface area contributed by atoms with Crippen LogP contribution in [0.2, 0.25) is 0 Å². The van der Waals surface area contributed by atoms with E-state index in [0.717, 1.165) is 48.0 Å². The first-order valence-corrected chi connectivity index (χ1v) is 6.95. The highest BCUT2D eigenvalue weighted by Gasteiger charge is 2.12. The first-order valence-electron chi connectivity index (χ1n) is 6.95. The van der Waals surface area contributed by atoms with E-state index in [1.54, 1.807) is 0 Å². The number of hydrogen-bond donors (Lipinski definition) is 2. The van der Waals surface area contributed by atoms with Crippen LogP contribution in [0.4, 0.5) is 0 Å². The highest BCUT2D eigenvalue weighted by Crippen LogP contribution is 2.33. The molecule has 1 aliphatic heterocycles. The molecule has 0 atom stereocenters. The van der Waals surface area contributed by atoms with Crippen LogP contribution in [-0.4, -0.2) is 36.8 Å². The molecular weight excluding hydrogens is 254 g/mol. The molecule has 0 spiro atoms. The Balaban J connectivity index is 1.83. The lowest BCUT2D eigenvalue weighted by Crippen LogP contribution is -2.10. The molecule has 0 amide bonds. The van der Waals surface area contributed by atoms with Gasteiger partial charge in [0.25, 0.3) is 0 Å². The molecule has 0 aliphatic carbocycles. The zero-order chi connectivity index (χ0) is 13.8. The van der Waals surface area contributed by atoms with Crippen LogP contribution in [-0.2, 0) is 6.42 Å². The van der Waals surface area contributed by atoms with E-state index in [4.69, 9.17) is 9.47 Å². The Bertz CT molecular complexity index is 580. The zero-order valence-electron chi connectivity index (χ0n) is 11.6. The van der Waals surface area contributed by atoms with Gasteiger partial charge in [0.05, 0.1) is 25.1 Å². The highest BCUT2D eigenvalue weighted by molar-refractivity contribution is 5.63. The number of rotatable bonds is 4. The number of likely N-dealkylation sites (N-methyl/N-ethyl adjacent to an activating group) is 1. The maximum absolute atomic E-state index is 5.71. The predicted octanol–water partition coefficient (Wildman–Crippen LogP) is 2.00. The lowest BCUT2D eigenvalue weighted by atomic mass is 10.1. The number of nitrogens with zero attached hydrogens (tertiary/aromatic N) is 1. The van der Waals surface area contributed by atoms with Gasteiger partial charge >= 0.3 is 0 Å². The third kappa shape index (κ3) is 2.77. The summed E-state index contributed by atoms with van der Waals surface area (Å²) in [6.45, 7) is 2.32. The summed E-state index contributed by atoms with van der Waals surface area (Å²) in [6, 6.07) is 6.00. The van der Waals surface area contributed by atoms with Crippen LogP contribution in [0.25, 0.3) is 11.3 Å². The van der Waals surface area contributed by atoms with Gasteiger partial charge in [0.1, 0.15) is 5.82 Å². The zero-order valence-corrected chi connectivity index (χ0v) is 11.6. The summed E-state index contributed by atoms with van der Waals surface area (Å²) < 4.78 is 11.4. The molecular formula is C15H19N3O2. The van der Waals surface area contributed by atoms with E-state index in [1.807, 2.05) is 31.4 Å². The summed E-state index contributed by atoms with van der Waals surface area (Å²) >= 11 is 0. The van der Waals surface area contributed by atoms with Gasteiger partial charge in [0.2, 0.25) is 0 Å². The van der Waals surface area contributed by atoms with Crippen LogP contribution in [0.3, 0.4) is 0 Å². The molecule has 3 rings (SSSR count). The van der Waals surface area contributed by atoms with E-state index in [1.165, 1.54) is 0 Å². The summed E-state index contributed by atoms with van der Waals surface area (Å²) in [5.41, 5.74) is 2.07. The molecule has 0 unspecified atom stereocenters. The van der Waals surface area contributed by atoms with Gasteiger partial charge in [0.15, 0.2) is 11.5 Å². The number of H-pyrrole nitrogens is 1. The van der Waals surface area contributed by atoms with E-state index in [0.29, 0.717) is 13.2 Å². The molecule has 2 aromatic rings. The van der Waals surface area contributed by atoms with Crippen molar-refractivity contribution in [3.05, 3.63) is 30.2 Å². The van der Waals surface area contributed by atoms with Gasteiger partial charge in [0, 0.05) is 24.9 Å². The van der Waals surface area contributed by atoms with Crippen LogP contribution >= 0.6 is 0 Å². The second-order valence-electron chi connectivity index (χ2n) is 4.81. The number of fused-ring (bicyclic) bond motifs is 1. The largest absolute Gasteiger partial charge is 0.490 e. The van der Waals surface area contributed by atoms with Gasteiger partial charge in [-0.05, 0) is 25.2 Å². The number of imidazole rings is 1. The Labute approximate surface area is 118 Å². The molecule has 0 bridgehead atoms. The second kappa shape index (κ2) is 5.96. The van der Waals surface area contributed by atoms with E-state index < -0.39 is 0 Å². The van der Waals surface area contributed by atoms with Crippen molar-refractivity contribution in [1.29, 1.82) is 0 Å². The topological polar surface area (TPSA) is 59.2 Å². The number of nitrogens with one attached hydrogen (secondary N) is 2. The van der Waals surface area contributed by atoms with Gasteiger partial charge in [-0.2, -0.15) is 0 Å². The smallest absolute Gasteiger partial charge is 0.161 e. The third-order valence-corrected chi connectivity index (χ3v) is 3.30. The van der Waals surface area contributed by atoms with E-state index in [-0.39, 0.29) is 0 Å². The molecule has 1 aromatic heterocycles. The van der Waals surface area contributed by atoms with Gasteiger partial charge in [-0.25, -0.2) is 4.98 Å². The lowest BCUT2D eigenvalue weighted by molar-refractivity contribution is 0.297. The predicted molar refractivity (Wildman–Crippen MR) is 77.3 cm³/mol. The van der Waals surface area contributed by atoms with Gasteiger partial charge < -0.3 is 19.8 Å². The second-order valence-corrected chi connectivity index (χ2v) is 4.81. The summed E-state index contributed by atoms with van der Waals surface area (Å²) in [7, 11) is 1.94. The molecule has 2 N–H and O–H groups in total. The minimum Gasteiger partial charge on any atom is -0.490 e. The van der Waals surface area contributed by atoms with Crippen molar-refractivity contribution >= 4 is 0 Å². The van der Waals surface area contributed by atoms with Crippen molar-refractivity contribution < 1.29 is 9.47 Å². The minimum atomic E-state index is 0.701. The molecule has 5 heteroatoms. The number of hydrogen-bond acceptors (Lipinski definition) is 4. The maximum Gasteiger partial charge on any atom is 0.161 e. The van der Waals surface area contributed by atoms with Crippen molar-refractivity contribution in [2.24, 2.45) is 0 Å². The molecule has 0 fully saturated rings. The lowest BCUT2D eigenvalue weighted by Gasteiger charge is -2.08. The van der Waals surface area contributed by atoms with Crippen molar-refractivity contribution in [1.82, 2.24) is 15.3 Å². The first kappa shape index (κ1) is 13.0. The molecule has 0 saturated carbocycles. The minimum absolute atomic E-state index is 0.701. The fourth-order valence-corrected chi connectivity index (χ4v) is 2.21.